The Kier molecular flexibility index (Phi) is 7.37. The van der Waals surface area contributed by atoms with Gasteiger partial charge in [0, 0.05) is 18.7 Å². The highest BCUT2D eigenvalue weighted by atomic mass is 32.2. The summed E-state index contributed by atoms with van der Waals surface area (Å²) < 4.78 is 26.4. The van der Waals surface area contributed by atoms with E-state index < -0.39 is 27.8 Å². The molecule has 0 bridgehead atoms. The molecule has 0 radical (unpaired) electrons. The number of nitrogens with one attached hydrogen (secondary N) is 2. The summed E-state index contributed by atoms with van der Waals surface area (Å²) in [7, 11) is -3.66. The van der Waals surface area contributed by atoms with E-state index in [0.717, 1.165) is 0 Å². The molecule has 7 nitrogen and oxygen atoms in total. The van der Waals surface area contributed by atoms with Crippen LogP contribution in [0.5, 0.6) is 0 Å². The van der Waals surface area contributed by atoms with Gasteiger partial charge in [0.15, 0.2) is 0 Å². The van der Waals surface area contributed by atoms with E-state index in [2.05, 4.69) is 10.0 Å². The maximum atomic E-state index is 12.3. The van der Waals surface area contributed by atoms with Crippen LogP contribution in [0.2, 0.25) is 0 Å². The molecule has 0 spiro atoms. The molecule has 3 N–H and O–H groups in total. The van der Waals surface area contributed by atoms with Crippen molar-refractivity contribution in [2.24, 2.45) is 5.92 Å². The number of hydrogen-bond acceptors (Lipinski definition) is 4. The minimum absolute atomic E-state index is 0.00319. The van der Waals surface area contributed by atoms with Crippen LogP contribution in [0.4, 0.5) is 0 Å². The van der Waals surface area contributed by atoms with Gasteiger partial charge in [-0.15, -0.1) is 0 Å². The first-order valence-electron chi connectivity index (χ1n) is 7.84. The second-order valence-corrected chi connectivity index (χ2v) is 7.28. The molecule has 0 aliphatic carbocycles. The standard InChI is InChI=1S/C16H24N2O5S/c1-4-6-12(16(20)21)10-17-15(19)14-9-13(8-7-11(14)3)24(22,23)18-5-2/h7-9,12,18H,4-6,10H2,1-3H3,(H,17,19)(H,20,21). The highest BCUT2D eigenvalue weighted by Crippen LogP contribution is 2.16. The number of amides is 1. The van der Waals surface area contributed by atoms with Crippen LogP contribution in [-0.4, -0.2) is 38.5 Å². The fourth-order valence-electron chi connectivity index (χ4n) is 2.26. The van der Waals surface area contributed by atoms with Crippen LogP contribution in [0.1, 0.15) is 42.6 Å². The van der Waals surface area contributed by atoms with Crippen molar-refractivity contribution in [3.63, 3.8) is 0 Å². The molecule has 1 amide bonds. The molecule has 0 saturated heterocycles. The van der Waals surface area contributed by atoms with Crippen LogP contribution in [0, 0.1) is 12.8 Å². The fourth-order valence-corrected chi connectivity index (χ4v) is 3.33. The zero-order valence-electron chi connectivity index (χ0n) is 14.1. The average molecular weight is 356 g/mol. The largest absolute Gasteiger partial charge is 0.481 e. The summed E-state index contributed by atoms with van der Waals surface area (Å²) in [6, 6.07) is 4.29. The van der Waals surface area contributed by atoms with Crippen molar-refractivity contribution in [3.05, 3.63) is 29.3 Å². The predicted molar refractivity (Wildman–Crippen MR) is 90.4 cm³/mol. The molecule has 24 heavy (non-hydrogen) atoms. The van der Waals surface area contributed by atoms with Crippen molar-refractivity contribution in [1.82, 2.24) is 10.0 Å². The van der Waals surface area contributed by atoms with Crippen molar-refractivity contribution in [1.29, 1.82) is 0 Å². The molecule has 1 unspecified atom stereocenters. The summed E-state index contributed by atoms with van der Waals surface area (Å²) in [6.45, 7) is 5.48. The number of aliphatic carboxylic acids is 1. The lowest BCUT2D eigenvalue weighted by Gasteiger charge is -2.14. The van der Waals surface area contributed by atoms with E-state index in [1.807, 2.05) is 6.92 Å². The van der Waals surface area contributed by atoms with E-state index in [-0.39, 0.29) is 23.5 Å². The molecule has 1 atom stereocenters. The lowest BCUT2D eigenvalue weighted by molar-refractivity contribution is -0.141. The topological polar surface area (TPSA) is 113 Å². The number of hydrogen-bond donors (Lipinski definition) is 3. The second-order valence-electron chi connectivity index (χ2n) is 5.51. The number of carbonyl (C=O) groups is 2. The molecule has 1 aromatic carbocycles. The molecule has 8 heteroatoms. The molecule has 0 heterocycles. The van der Waals surface area contributed by atoms with E-state index in [1.165, 1.54) is 12.1 Å². The molecule has 0 aliphatic rings. The highest BCUT2D eigenvalue weighted by molar-refractivity contribution is 7.89. The lowest BCUT2D eigenvalue weighted by atomic mass is 10.0. The monoisotopic (exact) mass is 356 g/mol. The van der Waals surface area contributed by atoms with Gasteiger partial charge >= 0.3 is 5.97 Å². The zero-order chi connectivity index (χ0) is 18.3. The SMILES string of the molecule is CCCC(CNC(=O)c1cc(S(=O)(=O)NCC)ccc1C)C(=O)O. The van der Waals surface area contributed by atoms with Gasteiger partial charge in [-0.25, -0.2) is 13.1 Å². The van der Waals surface area contributed by atoms with Gasteiger partial charge in [-0.2, -0.15) is 0 Å². The smallest absolute Gasteiger partial charge is 0.308 e. The van der Waals surface area contributed by atoms with Gasteiger partial charge in [0.1, 0.15) is 0 Å². The minimum Gasteiger partial charge on any atom is -0.481 e. The van der Waals surface area contributed by atoms with Crippen molar-refractivity contribution < 1.29 is 23.1 Å². The third-order valence-corrected chi connectivity index (χ3v) is 5.14. The summed E-state index contributed by atoms with van der Waals surface area (Å²) in [6.07, 6.45) is 1.16. The Morgan fingerprint density at radius 1 is 1.25 bits per heavy atom. The van der Waals surface area contributed by atoms with Gasteiger partial charge in [0.25, 0.3) is 5.91 Å². The van der Waals surface area contributed by atoms with Gasteiger partial charge in [0.2, 0.25) is 10.0 Å². The van der Waals surface area contributed by atoms with Crippen LogP contribution in [0.3, 0.4) is 0 Å². The number of carboxylic acid groups (broad SMARTS) is 1. The molecular formula is C16H24N2O5S. The maximum absolute atomic E-state index is 12.3. The molecule has 134 valence electrons. The van der Waals surface area contributed by atoms with Gasteiger partial charge in [-0.3, -0.25) is 9.59 Å². The number of benzene rings is 1. The normalized spacial score (nSPS) is 12.6. The second kappa shape index (κ2) is 8.79. The van der Waals surface area contributed by atoms with Crippen LogP contribution in [0.15, 0.2) is 23.1 Å². The molecule has 1 aromatic rings. The molecular weight excluding hydrogens is 332 g/mol. The molecule has 0 aromatic heterocycles. The third-order valence-electron chi connectivity index (χ3n) is 3.59. The fraction of sp³-hybridized carbons (Fsp3) is 0.500. The Bertz CT molecular complexity index is 700. The maximum Gasteiger partial charge on any atom is 0.308 e. The van der Waals surface area contributed by atoms with E-state index >= 15 is 0 Å². The van der Waals surface area contributed by atoms with Crippen LogP contribution in [0.25, 0.3) is 0 Å². The first kappa shape index (κ1) is 20.1. The number of rotatable bonds is 9. The Balaban J connectivity index is 2.96. The number of carbonyl (C=O) groups excluding carboxylic acids is 1. The summed E-state index contributed by atoms with van der Waals surface area (Å²) in [5.74, 6) is -2.10. The van der Waals surface area contributed by atoms with Crippen LogP contribution >= 0.6 is 0 Å². The Morgan fingerprint density at radius 2 is 1.92 bits per heavy atom. The van der Waals surface area contributed by atoms with Crippen molar-refractivity contribution in [3.8, 4) is 0 Å². The Labute approximate surface area is 142 Å². The van der Waals surface area contributed by atoms with E-state index in [4.69, 9.17) is 5.11 Å². The highest BCUT2D eigenvalue weighted by Gasteiger charge is 2.20. The zero-order valence-corrected chi connectivity index (χ0v) is 14.9. The van der Waals surface area contributed by atoms with Gasteiger partial charge in [-0.1, -0.05) is 26.3 Å². The van der Waals surface area contributed by atoms with Gasteiger partial charge < -0.3 is 10.4 Å². The Morgan fingerprint density at radius 3 is 2.46 bits per heavy atom. The van der Waals surface area contributed by atoms with E-state index in [9.17, 15) is 18.0 Å². The van der Waals surface area contributed by atoms with Gasteiger partial charge in [-0.05, 0) is 31.0 Å². The van der Waals surface area contributed by atoms with E-state index in [0.29, 0.717) is 18.4 Å². The molecule has 0 fully saturated rings. The molecule has 0 saturated carbocycles. The lowest BCUT2D eigenvalue weighted by Crippen LogP contribution is -2.33. The minimum atomic E-state index is -3.66. The van der Waals surface area contributed by atoms with Crippen molar-refractivity contribution in [2.45, 2.75) is 38.5 Å². The number of aryl methyl sites for hydroxylation is 1. The predicted octanol–water partition coefficient (Wildman–Crippen LogP) is 1.52. The third kappa shape index (κ3) is 5.31. The first-order valence-corrected chi connectivity index (χ1v) is 9.32. The van der Waals surface area contributed by atoms with Crippen molar-refractivity contribution in [2.75, 3.05) is 13.1 Å². The summed E-state index contributed by atoms with van der Waals surface area (Å²) >= 11 is 0. The van der Waals surface area contributed by atoms with Crippen molar-refractivity contribution >= 4 is 21.9 Å². The van der Waals surface area contributed by atoms with Crippen LogP contribution < -0.4 is 10.0 Å². The first-order chi connectivity index (χ1) is 11.2. The molecule has 0 aliphatic heterocycles. The number of sulfonamides is 1. The quantitative estimate of drug-likeness (QED) is 0.621. The average Bonchev–Trinajstić information content (AvgIpc) is 2.51. The van der Waals surface area contributed by atoms with Crippen LogP contribution in [-0.2, 0) is 14.8 Å². The Hall–Kier alpha value is -1.93. The summed E-state index contributed by atoms with van der Waals surface area (Å²) in [5.41, 5.74) is 0.833. The van der Waals surface area contributed by atoms with Gasteiger partial charge in [0.05, 0.1) is 10.8 Å². The summed E-state index contributed by atoms with van der Waals surface area (Å²) in [5, 5.41) is 11.7. The number of carboxylic acids is 1. The summed E-state index contributed by atoms with van der Waals surface area (Å²) in [4.78, 5) is 23.4. The van der Waals surface area contributed by atoms with E-state index in [1.54, 1.807) is 19.9 Å². The molecule has 1 rings (SSSR count).